The Hall–Kier alpha value is -3.87. The van der Waals surface area contributed by atoms with E-state index in [2.05, 4.69) is 34.9 Å². The molecule has 4 rings (SSSR count). The molecule has 0 radical (unpaired) electrons. The van der Waals surface area contributed by atoms with Gasteiger partial charge in [-0.15, -0.1) is 0 Å². The van der Waals surface area contributed by atoms with Crippen LogP contribution >= 0.6 is 0 Å². The van der Waals surface area contributed by atoms with Crippen LogP contribution in [-0.2, 0) is 6.42 Å². The lowest BCUT2D eigenvalue weighted by molar-refractivity contribution is 0.102. The molecule has 0 bridgehead atoms. The number of para-hydroxylation sites is 1. The van der Waals surface area contributed by atoms with E-state index in [9.17, 15) is 22.4 Å². The minimum Gasteiger partial charge on any atom is -0.375 e. The summed E-state index contributed by atoms with van der Waals surface area (Å²) in [6.45, 7) is 0. The van der Waals surface area contributed by atoms with Gasteiger partial charge in [0.15, 0.2) is 23.3 Å². The van der Waals surface area contributed by atoms with Gasteiger partial charge in [0.05, 0.1) is 11.6 Å². The Labute approximate surface area is 188 Å². The lowest BCUT2D eigenvalue weighted by Gasteiger charge is -2.19. The van der Waals surface area contributed by atoms with Crippen molar-refractivity contribution >= 4 is 17.3 Å². The average molecular weight is 452 g/mol. The van der Waals surface area contributed by atoms with E-state index in [4.69, 9.17) is 0 Å². The van der Waals surface area contributed by atoms with Crippen LogP contribution in [0.5, 0.6) is 0 Å². The topological polar surface area (TPSA) is 41.1 Å². The molecule has 168 valence electrons. The van der Waals surface area contributed by atoms with E-state index in [0.717, 1.165) is 17.7 Å². The number of anilines is 2. The van der Waals surface area contributed by atoms with Gasteiger partial charge >= 0.3 is 0 Å². The van der Waals surface area contributed by atoms with Crippen LogP contribution in [0.2, 0.25) is 0 Å². The van der Waals surface area contributed by atoms with Crippen molar-refractivity contribution in [2.24, 2.45) is 5.92 Å². The monoisotopic (exact) mass is 452 g/mol. The lowest BCUT2D eigenvalue weighted by Crippen LogP contribution is -2.17. The standard InChI is InChI=1S/C26H20F4N2O/c27-22-15-21(23(28)25(30)24(22)29)26(33)32-20-12-8-17(9-13-20)14-16-6-10-19(11-7-16)31-18-4-2-1-3-5-18/h1-13,15-16,19,31H,14H2,(H,32,33). The van der Waals surface area contributed by atoms with Gasteiger partial charge in [-0.25, -0.2) is 17.6 Å². The molecule has 0 spiro atoms. The van der Waals surface area contributed by atoms with Gasteiger partial charge < -0.3 is 10.6 Å². The number of hydrogen-bond donors (Lipinski definition) is 2. The molecule has 2 N–H and O–H groups in total. The predicted octanol–water partition coefficient (Wildman–Crippen LogP) is 6.26. The van der Waals surface area contributed by atoms with Gasteiger partial charge in [-0.1, -0.05) is 54.6 Å². The predicted molar refractivity (Wildman–Crippen MR) is 120 cm³/mol. The van der Waals surface area contributed by atoms with Crippen molar-refractivity contribution in [3.05, 3.63) is 119 Å². The number of nitrogens with one attached hydrogen (secondary N) is 2. The summed E-state index contributed by atoms with van der Waals surface area (Å²) in [6, 6.07) is 17.2. The van der Waals surface area contributed by atoms with Gasteiger partial charge in [0.1, 0.15) is 0 Å². The quantitative estimate of drug-likeness (QED) is 0.201. The molecule has 0 aromatic heterocycles. The maximum Gasteiger partial charge on any atom is 0.258 e. The molecule has 0 unspecified atom stereocenters. The number of hydrogen-bond acceptors (Lipinski definition) is 2. The van der Waals surface area contributed by atoms with E-state index >= 15 is 0 Å². The number of allylic oxidation sites excluding steroid dienone is 2. The third-order valence-corrected chi connectivity index (χ3v) is 5.27. The fourth-order valence-electron chi connectivity index (χ4n) is 3.55. The highest BCUT2D eigenvalue weighted by Crippen LogP contribution is 2.22. The van der Waals surface area contributed by atoms with Crippen molar-refractivity contribution in [1.82, 2.24) is 0 Å². The van der Waals surface area contributed by atoms with Gasteiger partial charge in [-0.3, -0.25) is 4.79 Å². The Bertz CT molecular complexity index is 1190. The minimum atomic E-state index is -2.02. The molecule has 3 aromatic rings. The van der Waals surface area contributed by atoms with Crippen molar-refractivity contribution in [3.63, 3.8) is 0 Å². The van der Waals surface area contributed by atoms with Crippen molar-refractivity contribution in [2.45, 2.75) is 12.5 Å². The van der Waals surface area contributed by atoms with Gasteiger partial charge in [-0.05, 0) is 48.2 Å². The summed E-state index contributed by atoms with van der Waals surface area (Å²) in [4.78, 5) is 12.2. The van der Waals surface area contributed by atoms with E-state index in [-0.39, 0.29) is 12.0 Å². The summed E-state index contributed by atoms with van der Waals surface area (Å²) in [5.41, 5.74) is 1.45. The van der Waals surface area contributed by atoms with Crippen LogP contribution in [0.1, 0.15) is 15.9 Å². The summed E-state index contributed by atoms with van der Waals surface area (Å²) in [5, 5.41) is 5.77. The average Bonchev–Trinajstić information content (AvgIpc) is 2.83. The fraction of sp³-hybridized carbons (Fsp3) is 0.115. The second kappa shape index (κ2) is 9.73. The first-order chi connectivity index (χ1) is 15.9. The SMILES string of the molecule is O=C(Nc1ccc(CC2C=CC(Nc3ccccc3)C=C2)cc1)c1cc(F)c(F)c(F)c1F. The minimum absolute atomic E-state index is 0.114. The van der Waals surface area contributed by atoms with Crippen molar-refractivity contribution < 1.29 is 22.4 Å². The van der Waals surface area contributed by atoms with Crippen LogP contribution in [0.4, 0.5) is 28.9 Å². The summed E-state index contributed by atoms with van der Waals surface area (Å²) >= 11 is 0. The zero-order valence-electron chi connectivity index (χ0n) is 17.4. The van der Waals surface area contributed by atoms with Crippen LogP contribution in [-0.4, -0.2) is 11.9 Å². The van der Waals surface area contributed by atoms with Gasteiger partial charge in [-0.2, -0.15) is 0 Å². The Morgan fingerprint density at radius 3 is 2.09 bits per heavy atom. The molecule has 1 aliphatic rings. The molecule has 3 nitrogen and oxygen atoms in total. The maximum atomic E-state index is 13.8. The molecule has 1 aliphatic carbocycles. The normalized spacial score (nSPS) is 17.1. The molecule has 1 amide bonds. The highest BCUT2D eigenvalue weighted by atomic mass is 19.2. The molecule has 0 aliphatic heterocycles. The van der Waals surface area contributed by atoms with Crippen LogP contribution in [0.3, 0.4) is 0 Å². The molecule has 3 aromatic carbocycles. The first kappa shape index (κ1) is 22.3. The Morgan fingerprint density at radius 1 is 0.758 bits per heavy atom. The largest absolute Gasteiger partial charge is 0.375 e. The van der Waals surface area contributed by atoms with Gasteiger partial charge in [0, 0.05) is 11.4 Å². The van der Waals surface area contributed by atoms with E-state index in [0.29, 0.717) is 11.8 Å². The van der Waals surface area contributed by atoms with Crippen molar-refractivity contribution in [3.8, 4) is 0 Å². The van der Waals surface area contributed by atoms with Gasteiger partial charge in [0.2, 0.25) is 0 Å². The number of amides is 1. The van der Waals surface area contributed by atoms with Crippen LogP contribution < -0.4 is 10.6 Å². The molecule has 7 heteroatoms. The smallest absolute Gasteiger partial charge is 0.258 e. The first-order valence-corrected chi connectivity index (χ1v) is 10.3. The number of carbonyl (C=O) groups is 1. The van der Waals surface area contributed by atoms with E-state index in [1.807, 2.05) is 30.3 Å². The fourth-order valence-corrected chi connectivity index (χ4v) is 3.55. The molecule has 0 saturated heterocycles. The zero-order valence-corrected chi connectivity index (χ0v) is 17.4. The van der Waals surface area contributed by atoms with E-state index in [1.165, 1.54) is 0 Å². The maximum absolute atomic E-state index is 13.8. The van der Waals surface area contributed by atoms with E-state index in [1.54, 1.807) is 24.3 Å². The van der Waals surface area contributed by atoms with Crippen molar-refractivity contribution in [2.75, 3.05) is 10.6 Å². The van der Waals surface area contributed by atoms with Crippen LogP contribution in [0.15, 0.2) is 85.0 Å². The second-order valence-corrected chi connectivity index (χ2v) is 7.67. The Kier molecular flexibility index (Phi) is 6.58. The van der Waals surface area contributed by atoms with Gasteiger partial charge in [0.25, 0.3) is 5.91 Å². The third kappa shape index (κ3) is 5.31. The molecule has 0 fully saturated rings. The van der Waals surface area contributed by atoms with Crippen LogP contribution in [0, 0.1) is 29.2 Å². The van der Waals surface area contributed by atoms with E-state index < -0.39 is 34.7 Å². The third-order valence-electron chi connectivity index (χ3n) is 5.27. The second-order valence-electron chi connectivity index (χ2n) is 7.67. The molecule has 0 atom stereocenters. The summed E-state index contributed by atoms with van der Waals surface area (Å²) in [7, 11) is 0. The lowest BCUT2D eigenvalue weighted by atomic mass is 9.93. The number of benzene rings is 3. The van der Waals surface area contributed by atoms with Crippen LogP contribution in [0.25, 0.3) is 0 Å². The molecule has 0 heterocycles. The molecular formula is C26H20F4N2O. The summed E-state index contributed by atoms with van der Waals surface area (Å²) in [6.07, 6.45) is 9.18. The molecule has 0 saturated carbocycles. The number of carbonyl (C=O) groups excluding carboxylic acids is 1. The Morgan fingerprint density at radius 2 is 1.42 bits per heavy atom. The molecule has 33 heavy (non-hydrogen) atoms. The molecular weight excluding hydrogens is 432 g/mol. The highest BCUT2D eigenvalue weighted by molar-refractivity contribution is 6.04. The number of rotatable bonds is 6. The first-order valence-electron chi connectivity index (χ1n) is 10.3. The number of halogens is 4. The highest BCUT2D eigenvalue weighted by Gasteiger charge is 2.23. The Balaban J connectivity index is 1.34. The zero-order chi connectivity index (χ0) is 23.4. The van der Waals surface area contributed by atoms with Crippen molar-refractivity contribution in [1.29, 1.82) is 0 Å². The summed E-state index contributed by atoms with van der Waals surface area (Å²) in [5.74, 6) is -8.22. The summed E-state index contributed by atoms with van der Waals surface area (Å²) < 4.78 is 53.6.